The molecule has 2 nitrogen and oxygen atoms in total. The van der Waals surface area contributed by atoms with Crippen molar-refractivity contribution in [3.05, 3.63) is 47.3 Å². The van der Waals surface area contributed by atoms with Crippen LogP contribution >= 0.6 is 0 Å². The third-order valence-electron chi connectivity index (χ3n) is 7.14. The Hall–Kier alpha value is -1.66. The third-order valence-corrected chi connectivity index (χ3v) is 7.14. The molecule has 1 aromatic rings. The maximum Gasteiger partial charge on any atom is 0.196 e. The zero-order valence-electron chi connectivity index (χ0n) is 18.6. The van der Waals surface area contributed by atoms with Crippen molar-refractivity contribution < 1.29 is 9.13 Å². The molecule has 2 saturated carbocycles. The van der Waals surface area contributed by atoms with Crippen molar-refractivity contribution in [3.8, 4) is 6.07 Å². The van der Waals surface area contributed by atoms with Crippen LogP contribution in [0.1, 0.15) is 94.6 Å². The van der Waals surface area contributed by atoms with Crippen molar-refractivity contribution in [2.24, 2.45) is 11.8 Å². The van der Waals surface area contributed by atoms with Gasteiger partial charge in [0.2, 0.25) is 0 Å². The lowest BCUT2D eigenvalue weighted by molar-refractivity contribution is -0.00340. The molecule has 3 heteroatoms. The highest BCUT2D eigenvalue weighted by atomic mass is 19.1. The van der Waals surface area contributed by atoms with E-state index < -0.39 is 5.83 Å². The van der Waals surface area contributed by atoms with E-state index in [4.69, 9.17) is 10.00 Å². The zero-order valence-corrected chi connectivity index (χ0v) is 18.6. The Morgan fingerprint density at radius 2 is 1.73 bits per heavy atom. The summed E-state index contributed by atoms with van der Waals surface area (Å²) in [4.78, 5) is 0. The summed E-state index contributed by atoms with van der Waals surface area (Å²) < 4.78 is 19.4. The van der Waals surface area contributed by atoms with Crippen molar-refractivity contribution in [1.29, 1.82) is 5.26 Å². The monoisotopic (exact) mass is 411 g/mol. The van der Waals surface area contributed by atoms with E-state index in [-0.39, 0.29) is 5.92 Å². The van der Waals surface area contributed by atoms with E-state index in [0.717, 1.165) is 45.1 Å². The lowest BCUT2D eigenvalue weighted by Gasteiger charge is -2.32. The molecule has 0 saturated heterocycles. The van der Waals surface area contributed by atoms with Crippen molar-refractivity contribution in [1.82, 2.24) is 0 Å². The second-order valence-electron chi connectivity index (χ2n) is 9.41. The van der Waals surface area contributed by atoms with Gasteiger partial charge in [-0.3, -0.25) is 0 Å². The summed E-state index contributed by atoms with van der Waals surface area (Å²) in [6.45, 7) is 3.10. The van der Waals surface area contributed by atoms with Crippen LogP contribution in [-0.4, -0.2) is 12.7 Å². The van der Waals surface area contributed by atoms with Gasteiger partial charge in [-0.25, -0.2) is 0 Å². The highest BCUT2D eigenvalue weighted by molar-refractivity contribution is 5.26. The molecule has 0 bridgehead atoms. The fourth-order valence-corrected chi connectivity index (χ4v) is 5.14. The molecule has 2 aliphatic carbocycles. The van der Waals surface area contributed by atoms with Gasteiger partial charge in [0.15, 0.2) is 5.83 Å². The van der Waals surface area contributed by atoms with E-state index in [2.05, 4.69) is 31.2 Å². The van der Waals surface area contributed by atoms with E-state index in [1.165, 1.54) is 55.7 Å². The fraction of sp³-hybridized carbons (Fsp3) is 0.667. The Morgan fingerprint density at radius 1 is 1.03 bits per heavy atom. The van der Waals surface area contributed by atoms with Crippen molar-refractivity contribution in [2.75, 3.05) is 6.61 Å². The van der Waals surface area contributed by atoms with Crippen LogP contribution in [0.15, 0.2) is 36.2 Å². The molecule has 0 aromatic heterocycles. The number of hydrogen-bond acceptors (Lipinski definition) is 2. The topological polar surface area (TPSA) is 33.0 Å². The molecule has 0 spiro atoms. The summed E-state index contributed by atoms with van der Waals surface area (Å²) in [5, 5.41) is 8.58. The molecule has 0 amide bonds. The lowest BCUT2D eigenvalue weighted by atomic mass is 9.81. The number of hydrogen-bond donors (Lipinski definition) is 0. The van der Waals surface area contributed by atoms with Crippen LogP contribution < -0.4 is 0 Å². The summed E-state index contributed by atoms with van der Waals surface area (Å²) in [6, 6.07) is 11.0. The van der Waals surface area contributed by atoms with E-state index in [1.807, 2.05) is 0 Å². The van der Waals surface area contributed by atoms with Gasteiger partial charge in [-0.1, -0.05) is 44.0 Å². The van der Waals surface area contributed by atoms with Gasteiger partial charge in [-0.15, -0.1) is 0 Å². The number of halogens is 1. The average molecular weight is 412 g/mol. The Labute approximate surface area is 182 Å². The highest BCUT2D eigenvalue weighted by Crippen LogP contribution is 2.36. The number of ether oxygens (including phenoxy) is 1. The van der Waals surface area contributed by atoms with Gasteiger partial charge >= 0.3 is 0 Å². The van der Waals surface area contributed by atoms with Gasteiger partial charge in [-0.2, -0.15) is 9.65 Å². The molecule has 30 heavy (non-hydrogen) atoms. The van der Waals surface area contributed by atoms with E-state index >= 15 is 0 Å². The number of unbranched alkanes of at least 4 members (excludes halogenated alkanes) is 2. The zero-order chi connectivity index (χ0) is 21.2. The summed E-state index contributed by atoms with van der Waals surface area (Å²) in [6.07, 6.45) is 15.9. The molecule has 0 heterocycles. The molecule has 0 radical (unpaired) electrons. The molecule has 3 rings (SSSR count). The van der Waals surface area contributed by atoms with Crippen molar-refractivity contribution in [2.45, 2.75) is 96.0 Å². The first-order valence-electron chi connectivity index (χ1n) is 12.2. The molecular weight excluding hydrogens is 373 g/mol. The first-order chi connectivity index (χ1) is 14.7. The number of aryl methyl sites for hydroxylation is 1. The molecule has 0 atom stereocenters. The summed E-state index contributed by atoms with van der Waals surface area (Å²) in [5.74, 6) is 0.886. The van der Waals surface area contributed by atoms with Gasteiger partial charge in [0.25, 0.3) is 0 Å². The van der Waals surface area contributed by atoms with Crippen LogP contribution in [0.4, 0.5) is 4.39 Å². The Kier molecular flexibility index (Phi) is 9.40. The predicted molar refractivity (Wildman–Crippen MR) is 121 cm³/mol. The number of nitrogens with zero attached hydrogens (tertiary/aromatic N) is 1. The van der Waals surface area contributed by atoms with E-state index in [9.17, 15) is 4.39 Å². The molecule has 2 fully saturated rings. The molecule has 0 unspecified atom stereocenters. The number of benzene rings is 1. The van der Waals surface area contributed by atoms with E-state index in [1.54, 1.807) is 6.07 Å². The van der Waals surface area contributed by atoms with Crippen LogP contribution in [0, 0.1) is 23.2 Å². The predicted octanol–water partition coefficient (Wildman–Crippen LogP) is 7.65. The lowest BCUT2D eigenvalue weighted by Crippen LogP contribution is -2.25. The van der Waals surface area contributed by atoms with Gasteiger partial charge in [0, 0.05) is 6.61 Å². The molecule has 164 valence electrons. The third kappa shape index (κ3) is 7.24. The number of nitriles is 1. The van der Waals surface area contributed by atoms with Gasteiger partial charge < -0.3 is 4.74 Å². The first-order valence-corrected chi connectivity index (χ1v) is 12.2. The largest absolute Gasteiger partial charge is 0.378 e. The second-order valence-corrected chi connectivity index (χ2v) is 9.41. The van der Waals surface area contributed by atoms with Gasteiger partial charge in [0.1, 0.15) is 6.07 Å². The summed E-state index contributed by atoms with van der Waals surface area (Å²) in [5.41, 5.74) is 2.98. The normalized spacial score (nSPS) is 27.6. The molecule has 2 aliphatic rings. The minimum absolute atomic E-state index is 0.231. The number of rotatable bonds is 9. The maximum atomic E-state index is 13.1. The van der Waals surface area contributed by atoms with Crippen LogP contribution in [0.5, 0.6) is 0 Å². The molecular formula is C27H38FNO. The van der Waals surface area contributed by atoms with Gasteiger partial charge in [-0.05, 0) is 99.2 Å². The Balaban J connectivity index is 1.34. The average Bonchev–Trinajstić information content (AvgIpc) is 2.79. The Bertz CT molecular complexity index is 689. The first kappa shape index (κ1) is 23.0. The van der Waals surface area contributed by atoms with Crippen LogP contribution in [0.2, 0.25) is 0 Å². The smallest absolute Gasteiger partial charge is 0.196 e. The second kappa shape index (κ2) is 12.3. The molecule has 1 aromatic carbocycles. The van der Waals surface area contributed by atoms with Crippen LogP contribution in [0.3, 0.4) is 0 Å². The SMILES string of the molecule is CCCCCc1ccc(C2CCC(OCC3CCC(/C=C(/F)C#N)CC3)CC2)cc1. The van der Waals surface area contributed by atoms with Crippen LogP contribution in [-0.2, 0) is 11.2 Å². The minimum atomic E-state index is -0.627. The quantitative estimate of drug-likeness (QED) is 0.309. The van der Waals surface area contributed by atoms with Crippen molar-refractivity contribution >= 4 is 0 Å². The molecule has 0 N–H and O–H groups in total. The summed E-state index contributed by atoms with van der Waals surface area (Å²) in [7, 11) is 0. The van der Waals surface area contributed by atoms with E-state index in [0.29, 0.717) is 17.9 Å². The Morgan fingerprint density at radius 3 is 2.37 bits per heavy atom. The number of allylic oxidation sites excluding steroid dienone is 2. The molecule has 0 aliphatic heterocycles. The standard InChI is InChI=1S/C27H38FNO/c1-2-3-4-5-21-10-12-24(13-11-21)25-14-16-27(17-15-25)30-20-23-8-6-22(7-9-23)18-26(28)19-29/h10-13,18,22-23,25,27H,2-9,14-17,20H2,1H3/b26-18+. The maximum absolute atomic E-state index is 13.1. The van der Waals surface area contributed by atoms with Gasteiger partial charge in [0.05, 0.1) is 6.10 Å². The van der Waals surface area contributed by atoms with Crippen molar-refractivity contribution in [3.63, 3.8) is 0 Å². The van der Waals surface area contributed by atoms with Crippen LogP contribution in [0.25, 0.3) is 0 Å². The minimum Gasteiger partial charge on any atom is -0.378 e. The highest BCUT2D eigenvalue weighted by Gasteiger charge is 2.25. The fourth-order valence-electron chi connectivity index (χ4n) is 5.14. The summed E-state index contributed by atoms with van der Waals surface area (Å²) >= 11 is 0.